The number of halogens is 1. The maximum absolute atomic E-state index is 12.7. The van der Waals surface area contributed by atoms with Crippen molar-refractivity contribution in [1.82, 2.24) is 0 Å². The van der Waals surface area contributed by atoms with E-state index in [9.17, 15) is 8.42 Å². The second kappa shape index (κ2) is 5.82. The van der Waals surface area contributed by atoms with Crippen molar-refractivity contribution in [2.24, 2.45) is 0 Å². The maximum Gasteiger partial charge on any atom is 0.239 e. The van der Waals surface area contributed by atoms with Gasteiger partial charge in [0.1, 0.15) is 12.4 Å². The first-order valence-corrected chi connectivity index (χ1v) is 8.93. The van der Waals surface area contributed by atoms with Crippen LogP contribution >= 0.6 is 11.6 Å². The molecule has 0 bridgehead atoms. The van der Waals surface area contributed by atoms with Gasteiger partial charge in [0.05, 0.1) is 18.0 Å². The predicted octanol–water partition coefficient (Wildman–Crippen LogP) is 3.38. The highest BCUT2D eigenvalue weighted by atomic mass is 35.5. The second-order valence-corrected chi connectivity index (χ2v) is 7.60. The van der Waals surface area contributed by atoms with Crippen LogP contribution in [0.15, 0.2) is 42.5 Å². The number of hydrogen-bond donors (Lipinski definition) is 0. The fraction of sp³-hybridized carbons (Fsp3) is 0.250. The molecule has 1 aliphatic rings. The molecule has 2 aromatic carbocycles. The minimum atomic E-state index is -3.48. The third-order valence-electron chi connectivity index (χ3n) is 3.55. The summed E-state index contributed by atoms with van der Waals surface area (Å²) >= 11 is 5.99. The number of aryl methyl sites for hydroxylation is 1. The lowest BCUT2D eigenvalue weighted by atomic mass is 10.2. The average molecular weight is 338 g/mol. The van der Waals surface area contributed by atoms with Crippen molar-refractivity contribution in [2.45, 2.75) is 12.7 Å². The fourth-order valence-corrected chi connectivity index (χ4v) is 4.16. The number of ether oxygens (including phenoxy) is 1. The highest BCUT2D eigenvalue weighted by Crippen LogP contribution is 2.36. The maximum atomic E-state index is 12.7. The minimum Gasteiger partial charge on any atom is -0.489 e. The van der Waals surface area contributed by atoms with E-state index >= 15 is 0 Å². The number of nitrogens with zero attached hydrogens (tertiary/aromatic N) is 1. The first-order chi connectivity index (χ1) is 10.5. The van der Waals surface area contributed by atoms with Crippen LogP contribution in [0.25, 0.3) is 0 Å². The molecule has 0 aromatic heterocycles. The molecule has 0 spiro atoms. The van der Waals surface area contributed by atoms with Gasteiger partial charge in [0.25, 0.3) is 0 Å². The monoisotopic (exact) mass is 337 g/mol. The summed E-state index contributed by atoms with van der Waals surface area (Å²) in [7, 11) is -3.48. The second-order valence-electron chi connectivity index (χ2n) is 5.27. The Hall–Kier alpha value is -1.72. The van der Waals surface area contributed by atoms with Crippen LogP contribution in [-0.2, 0) is 15.8 Å². The number of benzene rings is 2. The number of rotatable bonds is 3. The van der Waals surface area contributed by atoms with Crippen molar-refractivity contribution in [3.63, 3.8) is 0 Å². The predicted molar refractivity (Wildman–Crippen MR) is 88.1 cm³/mol. The van der Waals surface area contributed by atoms with E-state index in [4.69, 9.17) is 16.3 Å². The van der Waals surface area contributed by atoms with Crippen LogP contribution in [0.2, 0.25) is 5.02 Å². The van der Waals surface area contributed by atoms with E-state index < -0.39 is 10.0 Å². The van der Waals surface area contributed by atoms with Crippen LogP contribution in [0.5, 0.6) is 5.75 Å². The number of sulfonamides is 1. The number of hydrogen-bond acceptors (Lipinski definition) is 3. The molecule has 4 nitrogen and oxygen atoms in total. The SMILES string of the molecule is Cc1ccc(CS(=O)(=O)N2CCOc3ccc(Cl)cc32)cc1. The van der Waals surface area contributed by atoms with E-state index in [1.54, 1.807) is 18.2 Å². The Labute approximate surface area is 135 Å². The van der Waals surface area contributed by atoms with E-state index in [1.807, 2.05) is 31.2 Å². The summed E-state index contributed by atoms with van der Waals surface area (Å²) < 4.78 is 32.4. The zero-order valence-electron chi connectivity index (χ0n) is 12.1. The standard InChI is InChI=1S/C16H16ClNO3S/c1-12-2-4-13(5-3-12)11-22(19,20)18-8-9-21-16-7-6-14(17)10-15(16)18/h2-7,10H,8-9,11H2,1H3. The molecule has 3 rings (SSSR count). The van der Waals surface area contributed by atoms with Gasteiger partial charge in [0.15, 0.2) is 0 Å². The molecule has 0 radical (unpaired) electrons. The number of anilines is 1. The molecule has 0 saturated heterocycles. The largest absolute Gasteiger partial charge is 0.489 e. The van der Waals surface area contributed by atoms with Gasteiger partial charge in [-0.1, -0.05) is 41.4 Å². The Bertz CT molecular complexity index is 788. The van der Waals surface area contributed by atoms with Crippen molar-refractivity contribution in [3.8, 4) is 5.75 Å². The quantitative estimate of drug-likeness (QED) is 0.862. The zero-order valence-corrected chi connectivity index (χ0v) is 13.7. The van der Waals surface area contributed by atoms with E-state index in [0.29, 0.717) is 29.6 Å². The lowest BCUT2D eigenvalue weighted by molar-refractivity contribution is 0.316. The molecule has 0 unspecified atom stereocenters. The summed E-state index contributed by atoms with van der Waals surface area (Å²) in [5.41, 5.74) is 2.37. The smallest absolute Gasteiger partial charge is 0.239 e. The molecule has 6 heteroatoms. The topological polar surface area (TPSA) is 46.6 Å². The van der Waals surface area contributed by atoms with Crippen LogP contribution < -0.4 is 9.04 Å². The van der Waals surface area contributed by atoms with Gasteiger partial charge in [-0.3, -0.25) is 4.31 Å². The van der Waals surface area contributed by atoms with E-state index in [2.05, 4.69) is 0 Å². The van der Waals surface area contributed by atoms with Crippen molar-refractivity contribution in [1.29, 1.82) is 0 Å². The third-order valence-corrected chi connectivity index (χ3v) is 5.53. The van der Waals surface area contributed by atoms with Gasteiger partial charge in [-0.15, -0.1) is 0 Å². The molecule has 22 heavy (non-hydrogen) atoms. The van der Waals surface area contributed by atoms with Crippen LogP contribution in [0.3, 0.4) is 0 Å². The lowest BCUT2D eigenvalue weighted by Crippen LogP contribution is -2.38. The summed E-state index contributed by atoms with van der Waals surface area (Å²) in [6, 6.07) is 12.5. The van der Waals surface area contributed by atoms with Gasteiger partial charge in [-0.05, 0) is 30.7 Å². The molecule has 1 aliphatic heterocycles. The van der Waals surface area contributed by atoms with Gasteiger partial charge < -0.3 is 4.74 Å². The Morgan fingerprint density at radius 3 is 2.64 bits per heavy atom. The molecule has 0 fully saturated rings. The number of fused-ring (bicyclic) bond motifs is 1. The van der Waals surface area contributed by atoms with Gasteiger partial charge in [0.2, 0.25) is 10.0 Å². The molecule has 0 saturated carbocycles. The fourth-order valence-electron chi connectivity index (χ4n) is 2.43. The van der Waals surface area contributed by atoms with Crippen molar-refractivity contribution < 1.29 is 13.2 Å². The first-order valence-electron chi connectivity index (χ1n) is 6.94. The van der Waals surface area contributed by atoms with Crippen LogP contribution in [0.4, 0.5) is 5.69 Å². The lowest BCUT2D eigenvalue weighted by Gasteiger charge is -2.30. The third kappa shape index (κ3) is 3.05. The Kier molecular flexibility index (Phi) is 4.02. The summed E-state index contributed by atoms with van der Waals surface area (Å²) in [6.45, 7) is 2.60. The van der Waals surface area contributed by atoms with E-state index in [1.165, 1.54) is 4.31 Å². The zero-order chi connectivity index (χ0) is 15.7. The van der Waals surface area contributed by atoms with Crippen LogP contribution in [0.1, 0.15) is 11.1 Å². The molecule has 0 N–H and O–H groups in total. The Morgan fingerprint density at radius 1 is 1.18 bits per heavy atom. The normalized spacial score (nSPS) is 14.4. The van der Waals surface area contributed by atoms with Crippen LogP contribution in [0, 0.1) is 6.92 Å². The van der Waals surface area contributed by atoms with Crippen molar-refractivity contribution in [3.05, 3.63) is 58.6 Å². The molecule has 1 heterocycles. The molecule has 0 amide bonds. The van der Waals surface area contributed by atoms with E-state index in [-0.39, 0.29) is 5.75 Å². The molecule has 0 atom stereocenters. The highest BCUT2D eigenvalue weighted by Gasteiger charge is 2.28. The summed E-state index contributed by atoms with van der Waals surface area (Å²) in [5, 5.41) is 0.486. The molecule has 116 valence electrons. The minimum absolute atomic E-state index is 0.0424. The van der Waals surface area contributed by atoms with Crippen LogP contribution in [-0.4, -0.2) is 21.6 Å². The molecular weight excluding hydrogens is 322 g/mol. The van der Waals surface area contributed by atoms with Gasteiger partial charge in [-0.2, -0.15) is 0 Å². The first kappa shape index (κ1) is 15.2. The molecule has 0 aliphatic carbocycles. The van der Waals surface area contributed by atoms with E-state index in [0.717, 1.165) is 11.1 Å². The van der Waals surface area contributed by atoms with Gasteiger partial charge in [-0.25, -0.2) is 8.42 Å². The average Bonchev–Trinajstić information content (AvgIpc) is 2.48. The van der Waals surface area contributed by atoms with Gasteiger partial charge in [0, 0.05) is 5.02 Å². The highest BCUT2D eigenvalue weighted by molar-refractivity contribution is 7.92. The Morgan fingerprint density at radius 2 is 1.91 bits per heavy atom. The van der Waals surface area contributed by atoms with Gasteiger partial charge >= 0.3 is 0 Å². The molecular formula is C16H16ClNO3S. The summed E-state index contributed by atoms with van der Waals surface area (Å²) in [4.78, 5) is 0. The summed E-state index contributed by atoms with van der Waals surface area (Å²) in [6.07, 6.45) is 0. The molecule has 2 aromatic rings. The van der Waals surface area contributed by atoms with Crippen molar-refractivity contribution in [2.75, 3.05) is 17.5 Å². The van der Waals surface area contributed by atoms with Crippen molar-refractivity contribution >= 4 is 27.3 Å². The summed E-state index contributed by atoms with van der Waals surface area (Å²) in [5.74, 6) is 0.502. The Balaban J connectivity index is 1.93.